The second kappa shape index (κ2) is 9.86. The zero-order chi connectivity index (χ0) is 19.8. The van der Waals surface area contributed by atoms with Crippen molar-refractivity contribution in [2.24, 2.45) is 0 Å². The molecule has 2 aromatic rings. The molecule has 1 N–H and O–H groups in total. The maximum atomic E-state index is 13.1. The molecule has 0 heterocycles. The van der Waals surface area contributed by atoms with E-state index in [-0.39, 0.29) is 24.1 Å². The van der Waals surface area contributed by atoms with E-state index in [0.717, 1.165) is 16.7 Å². The van der Waals surface area contributed by atoms with Gasteiger partial charge in [0.2, 0.25) is 11.8 Å². The molecular formula is C22H27FN2O2. The van der Waals surface area contributed by atoms with Crippen LogP contribution in [0.15, 0.2) is 48.5 Å². The monoisotopic (exact) mass is 370 g/mol. The van der Waals surface area contributed by atoms with Crippen molar-refractivity contribution in [3.63, 3.8) is 0 Å². The Kier molecular flexibility index (Phi) is 7.53. The van der Waals surface area contributed by atoms with Crippen molar-refractivity contribution in [3.8, 4) is 0 Å². The molecule has 2 aromatic carbocycles. The molecular weight excluding hydrogens is 343 g/mol. The van der Waals surface area contributed by atoms with Crippen LogP contribution in [0.1, 0.15) is 37.0 Å². The van der Waals surface area contributed by atoms with E-state index < -0.39 is 6.04 Å². The zero-order valence-corrected chi connectivity index (χ0v) is 16.2. The zero-order valence-electron chi connectivity index (χ0n) is 16.2. The minimum absolute atomic E-state index is 0.127. The van der Waals surface area contributed by atoms with Gasteiger partial charge in [-0.05, 0) is 43.5 Å². The molecule has 2 rings (SSSR count). The lowest BCUT2D eigenvalue weighted by Crippen LogP contribution is -2.49. The number of nitrogens with one attached hydrogen (secondary N) is 1. The van der Waals surface area contributed by atoms with Crippen LogP contribution >= 0.6 is 0 Å². The smallest absolute Gasteiger partial charge is 0.242 e. The van der Waals surface area contributed by atoms with Crippen molar-refractivity contribution < 1.29 is 14.0 Å². The van der Waals surface area contributed by atoms with Crippen molar-refractivity contribution in [1.29, 1.82) is 0 Å². The summed E-state index contributed by atoms with van der Waals surface area (Å²) in [6.07, 6.45) is 0.648. The first-order valence-corrected chi connectivity index (χ1v) is 9.31. The third-order valence-corrected chi connectivity index (χ3v) is 4.48. The third-order valence-electron chi connectivity index (χ3n) is 4.48. The van der Waals surface area contributed by atoms with E-state index in [9.17, 15) is 14.0 Å². The van der Waals surface area contributed by atoms with Crippen LogP contribution in [0, 0.1) is 12.7 Å². The Bertz CT molecular complexity index is 757. The van der Waals surface area contributed by atoms with E-state index in [1.165, 1.54) is 12.1 Å². The molecule has 0 spiro atoms. The molecule has 0 saturated heterocycles. The van der Waals surface area contributed by atoms with Gasteiger partial charge in [-0.1, -0.05) is 48.9 Å². The predicted molar refractivity (Wildman–Crippen MR) is 105 cm³/mol. The molecule has 0 bridgehead atoms. The predicted octanol–water partition coefficient (Wildman–Crippen LogP) is 3.62. The highest BCUT2D eigenvalue weighted by Gasteiger charge is 2.28. The lowest BCUT2D eigenvalue weighted by atomic mass is 10.1. The lowest BCUT2D eigenvalue weighted by molar-refractivity contribution is -0.140. The van der Waals surface area contributed by atoms with Crippen molar-refractivity contribution in [3.05, 3.63) is 71.0 Å². The van der Waals surface area contributed by atoms with Crippen LogP contribution in [0.3, 0.4) is 0 Å². The molecule has 0 aliphatic carbocycles. The molecule has 5 heteroatoms. The number of nitrogens with zero attached hydrogens (tertiary/aromatic N) is 1. The largest absolute Gasteiger partial charge is 0.355 e. The number of carbonyl (C=O) groups excluding carboxylic acids is 2. The number of hydrogen-bond donors (Lipinski definition) is 1. The van der Waals surface area contributed by atoms with E-state index in [2.05, 4.69) is 5.32 Å². The number of benzene rings is 2. The van der Waals surface area contributed by atoms with E-state index in [1.54, 1.807) is 17.0 Å². The molecule has 1 atom stereocenters. The van der Waals surface area contributed by atoms with Gasteiger partial charge in [-0.15, -0.1) is 0 Å². The maximum absolute atomic E-state index is 13.1. The van der Waals surface area contributed by atoms with Crippen LogP contribution < -0.4 is 5.32 Å². The number of amides is 2. The van der Waals surface area contributed by atoms with Gasteiger partial charge in [0.1, 0.15) is 11.9 Å². The molecule has 27 heavy (non-hydrogen) atoms. The first-order chi connectivity index (χ1) is 12.9. The highest BCUT2D eigenvalue weighted by Crippen LogP contribution is 2.15. The second-order valence-corrected chi connectivity index (χ2v) is 6.63. The molecule has 0 fully saturated rings. The summed E-state index contributed by atoms with van der Waals surface area (Å²) in [6.45, 7) is 6.63. The number of halogens is 1. The highest BCUT2D eigenvalue weighted by molar-refractivity contribution is 5.88. The van der Waals surface area contributed by atoms with Crippen molar-refractivity contribution >= 4 is 11.8 Å². The molecule has 0 aliphatic heterocycles. The Morgan fingerprint density at radius 1 is 1.00 bits per heavy atom. The first-order valence-electron chi connectivity index (χ1n) is 9.31. The van der Waals surface area contributed by atoms with Crippen molar-refractivity contribution in [1.82, 2.24) is 10.2 Å². The Hall–Kier alpha value is -2.69. The molecule has 0 radical (unpaired) electrons. The van der Waals surface area contributed by atoms with Crippen LogP contribution in [-0.4, -0.2) is 29.3 Å². The Morgan fingerprint density at radius 2 is 1.59 bits per heavy atom. The topological polar surface area (TPSA) is 49.4 Å². The lowest BCUT2D eigenvalue weighted by Gasteiger charge is -2.30. The van der Waals surface area contributed by atoms with Crippen LogP contribution in [0.25, 0.3) is 0 Å². The maximum Gasteiger partial charge on any atom is 0.242 e. The summed E-state index contributed by atoms with van der Waals surface area (Å²) in [7, 11) is 0. The minimum Gasteiger partial charge on any atom is -0.355 e. The van der Waals surface area contributed by atoms with Gasteiger partial charge in [-0.3, -0.25) is 9.59 Å². The number of likely N-dealkylation sites (N-methyl/N-ethyl adjacent to an activating group) is 1. The molecule has 0 unspecified atom stereocenters. The van der Waals surface area contributed by atoms with E-state index in [0.29, 0.717) is 19.5 Å². The molecule has 144 valence electrons. The average Bonchev–Trinajstić information content (AvgIpc) is 2.65. The van der Waals surface area contributed by atoms with Crippen molar-refractivity contribution in [2.45, 2.75) is 46.2 Å². The van der Waals surface area contributed by atoms with E-state index >= 15 is 0 Å². The molecule has 0 aromatic heterocycles. The quantitative estimate of drug-likeness (QED) is 0.772. The SMILES string of the molecule is CCNC(=O)[C@H](CC)N(Cc1ccc(C)cc1)C(=O)Cc1ccc(F)cc1. The van der Waals surface area contributed by atoms with Gasteiger partial charge >= 0.3 is 0 Å². The van der Waals surface area contributed by atoms with Gasteiger partial charge in [-0.2, -0.15) is 0 Å². The molecule has 0 aliphatic rings. The Labute approximate surface area is 160 Å². The summed E-state index contributed by atoms with van der Waals surface area (Å²) in [5, 5.41) is 2.82. The van der Waals surface area contributed by atoms with Gasteiger partial charge in [0.05, 0.1) is 6.42 Å². The summed E-state index contributed by atoms with van der Waals surface area (Å²) >= 11 is 0. The van der Waals surface area contributed by atoms with E-state index in [4.69, 9.17) is 0 Å². The minimum atomic E-state index is -0.542. The van der Waals surface area contributed by atoms with Crippen molar-refractivity contribution in [2.75, 3.05) is 6.54 Å². The number of rotatable bonds is 8. The standard InChI is InChI=1S/C22H27FN2O2/c1-4-20(22(27)24-5-2)25(15-18-8-6-16(3)7-9-18)21(26)14-17-10-12-19(23)13-11-17/h6-13,20H,4-5,14-15H2,1-3H3,(H,24,27)/t20-/m0/s1. The molecule has 0 saturated carbocycles. The fraction of sp³-hybridized carbons (Fsp3) is 0.364. The Morgan fingerprint density at radius 3 is 2.15 bits per heavy atom. The van der Waals surface area contributed by atoms with Gasteiger partial charge in [0, 0.05) is 13.1 Å². The molecule has 4 nitrogen and oxygen atoms in total. The fourth-order valence-corrected chi connectivity index (χ4v) is 2.98. The summed E-state index contributed by atoms with van der Waals surface area (Å²) in [6, 6.07) is 13.3. The van der Waals surface area contributed by atoms with E-state index in [1.807, 2.05) is 45.0 Å². The number of hydrogen-bond acceptors (Lipinski definition) is 2. The first kappa shape index (κ1) is 20.6. The summed E-state index contributed by atoms with van der Waals surface area (Å²) in [5.74, 6) is -0.642. The third kappa shape index (κ3) is 5.91. The van der Waals surface area contributed by atoms with Gasteiger partial charge < -0.3 is 10.2 Å². The van der Waals surface area contributed by atoms with Crippen LogP contribution in [0.5, 0.6) is 0 Å². The second-order valence-electron chi connectivity index (χ2n) is 6.63. The number of carbonyl (C=O) groups is 2. The summed E-state index contributed by atoms with van der Waals surface area (Å²) < 4.78 is 13.1. The van der Waals surface area contributed by atoms with Crippen LogP contribution in [-0.2, 0) is 22.6 Å². The fourth-order valence-electron chi connectivity index (χ4n) is 2.98. The summed E-state index contributed by atoms with van der Waals surface area (Å²) in [5.41, 5.74) is 2.83. The van der Waals surface area contributed by atoms with Gasteiger partial charge in [0.15, 0.2) is 0 Å². The van der Waals surface area contributed by atoms with Crippen LogP contribution in [0.2, 0.25) is 0 Å². The average molecular weight is 370 g/mol. The van der Waals surface area contributed by atoms with Crippen LogP contribution in [0.4, 0.5) is 4.39 Å². The number of aryl methyl sites for hydroxylation is 1. The van der Waals surface area contributed by atoms with Gasteiger partial charge in [0.25, 0.3) is 0 Å². The molecule has 2 amide bonds. The highest BCUT2D eigenvalue weighted by atomic mass is 19.1. The normalized spacial score (nSPS) is 11.7. The van der Waals surface area contributed by atoms with Gasteiger partial charge in [-0.25, -0.2) is 4.39 Å². The summed E-state index contributed by atoms with van der Waals surface area (Å²) in [4.78, 5) is 27.2. The Balaban J connectivity index is 2.25.